The molecule has 16 heavy (non-hydrogen) atoms. The molecule has 0 N–H and O–H groups in total. The SMILES string of the molecule is CN1CCCC(C2(N=C=O)CC(C)(F)C2)C1. The van der Waals surface area contributed by atoms with Crippen molar-refractivity contribution in [3.05, 3.63) is 0 Å². The van der Waals surface area contributed by atoms with Gasteiger partial charge in [-0.25, -0.2) is 9.18 Å². The maximum atomic E-state index is 13.7. The predicted molar refractivity (Wildman–Crippen MR) is 59.8 cm³/mol. The molecule has 0 aromatic heterocycles. The second-order valence-corrected chi connectivity index (χ2v) is 5.67. The quantitative estimate of drug-likeness (QED) is 0.532. The van der Waals surface area contributed by atoms with Crippen LogP contribution in [-0.2, 0) is 4.79 Å². The van der Waals surface area contributed by atoms with Crippen molar-refractivity contribution in [1.82, 2.24) is 4.90 Å². The normalized spacial score (nSPS) is 44.6. The van der Waals surface area contributed by atoms with Crippen molar-refractivity contribution in [2.45, 2.75) is 43.8 Å². The molecular weight excluding hydrogens is 207 g/mol. The summed E-state index contributed by atoms with van der Waals surface area (Å²) in [5.74, 6) is 0.316. The minimum Gasteiger partial charge on any atom is -0.306 e. The van der Waals surface area contributed by atoms with Crippen molar-refractivity contribution in [3.8, 4) is 0 Å². The highest BCUT2D eigenvalue weighted by molar-refractivity contribution is 5.37. The van der Waals surface area contributed by atoms with E-state index in [-0.39, 0.29) is 0 Å². The fraction of sp³-hybridized carbons (Fsp3) is 0.917. The summed E-state index contributed by atoms with van der Waals surface area (Å²) in [5.41, 5.74) is -1.60. The Morgan fingerprint density at radius 2 is 2.19 bits per heavy atom. The number of likely N-dealkylation sites (tertiary alicyclic amines) is 1. The lowest BCUT2D eigenvalue weighted by atomic mass is 9.59. The van der Waals surface area contributed by atoms with Crippen molar-refractivity contribution >= 4 is 6.08 Å². The maximum Gasteiger partial charge on any atom is 0.235 e. The van der Waals surface area contributed by atoms with Gasteiger partial charge in [-0.15, -0.1) is 0 Å². The first kappa shape index (κ1) is 11.7. The lowest BCUT2D eigenvalue weighted by molar-refractivity contribution is -0.0426. The van der Waals surface area contributed by atoms with E-state index >= 15 is 0 Å². The molecule has 0 aromatic rings. The van der Waals surface area contributed by atoms with Crippen molar-refractivity contribution < 1.29 is 9.18 Å². The molecule has 0 spiro atoms. The zero-order chi connectivity index (χ0) is 11.8. The van der Waals surface area contributed by atoms with E-state index < -0.39 is 11.2 Å². The molecule has 0 amide bonds. The first-order valence-corrected chi connectivity index (χ1v) is 5.94. The van der Waals surface area contributed by atoms with E-state index in [1.807, 2.05) is 0 Å². The number of aliphatic imine (C=N–C) groups is 1. The summed E-state index contributed by atoms with van der Waals surface area (Å²) < 4.78 is 13.7. The molecule has 2 fully saturated rings. The molecule has 2 aliphatic rings. The van der Waals surface area contributed by atoms with Gasteiger partial charge in [-0.1, -0.05) is 0 Å². The van der Waals surface area contributed by atoms with Crippen LogP contribution in [0.25, 0.3) is 0 Å². The fourth-order valence-electron chi connectivity index (χ4n) is 3.38. The average Bonchev–Trinajstić information content (AvgIpc) is 2.15. The number of hydrogen-bond donors (Lipinski definition) is 0. The highest BCUT2D eigenvalue weighted by atomic mass is 19.1. The van der Waals surface area contributed by atoms with Crippen LogP contribution < -0.4 is 0 Å². The molecule has 1 unspecified atom stereocenters. The minimum absolute atomic E-state index is 0.316. The van der Waals surface area contributed by atoms with E-state index in [9.17, 15) is 9.18 Å². The molecule has 1 saturated heterocycles. The predicted octanol–water partition coefficient (Wildman–Crippen LogP) is 1.92. The van der Waals surface area contributed by atoms with Gasteiger partial charge < -0.3 is 4.90 Å². The van der Waals surface area contributed by atoms with E-state index in [1.165, 1.54) is 0 Å². The first-order chi connectivity index (χ1) is 7.47. The molecule has 1 aliphatic carbocycles. The molecule has 0 aromatic carbocycles. The summed E-state index contributed by atoms with van der Waals surface area (Å²) in [6.07, 6.45) is 4.57. The Balaban J connectivity index is 2.12. The standard InChI is InChI=1S/C12H19FN2O/c1-11(13)7-12(8-11,14-9-16)10-4-3-5-15(2)6-10/h10H,3-8H2,1-2H3. The van der Waals surface area contributed by atoms with E-state index in [2.05, 4.69) is 16.9 Å². The zero-order valence-corrected chi connectivity index (χ0v) is 10.0. The van der Waals surface area contributed by atoms with Crippen LogP contribution in [0.15, 0.2) is 4.99 Å². The van der Waals surface area contributed by atoms with Crippen molar-refractivity contribution in [3.63, 3.8) is 0 Å². The van der Waals surface area contributed by atoms with E-state index in [0.717, 1.165) is 25.9 Å². The third-order valence-corrected chi connectivity index (χ3v) is 4.00. The largest absolute Gasteiger partial charge is 0.306 e. The van der Waals surface area contributed by atoms with Crippen LogP contribution in [0.5, 0.6) is 0 Å². The van der Waals surface area contributed by atoms with E-state index in [1.54, 1.807) is 13.0 Å². The number of piperidine rings is 1. The summed E-state index contributed by atoms with van der Waals surface area (Å²) in [5, 5.41) is 0. The third kappa shape index (κ3) is 2.04. The highest BCUT2D eigenvalue weighted by Crippen LogP contribution is 2.52. The Hall–Kier alpha value is -0.730. The molecular formula is C12H19FN2O. The molecule has 0 bridgehead atoms. The molecule has 4 heteroatoms. The van der Waals surface area contributed by atoms with Gasteiger partial charge in [-0.2, -0.15) is 4.99 Å². The number of isocyanates is 1. The van der Waals surface area contributed by atoms with Gasteiger partial charge in [0.05, 0.1) is 5.54 Å². The average molecular weight is 226 g/mol. The topological polar surface area (TPSA) is 32.7 Å². The fourth-order valence-corrected chi connectivity index (χ4v) is 3.38. The van der Waals surface area contributed by atoms with Crippen LogP contribution in [0.3, 0.4) is 0 Å². The van der Waals surface area contributed by atoms with Gasteiger partial charge in [-0.05, 0) is 39.3 Å². The van der Waals surface area contributed by atoms with Crippen molar-refractivity contribution in [2.75, 3.05) is 20.1 Å². The summed E-state index contributed by atoms with van der Waals surface area (Å²) in [6.45, 7) is 3.60. The van der Waals surface area contributed by atoms with Gasteiger partial charge in [0.2, 0.25) is 6.08 Å². The monoisotopic (exact) mass is 226 g/mol. The Morgan fingerprint density at radius 1 is 1.50 bits per heavy atom. The smallest absolute Gasteiger partial charge is 0.235 e. The van der Waals surface area contributed by atoms with Gasteiger partial charge in [0.15, 0.2) is 0 Å². The number of nitrogens with zero attached hydrogens (tertiary/aromatic N) is 2. The molecule has 1 atom stereocenters. The van der Waals surface area contributed by atoms with Crippen LogP contribution in [0.2, 0.25) is 0 Å². The summed E-state index contributed by atoms with van der Waals surface area (Å²) in [6, 6.07) is 0. The Labute approximate surface area is 95.7 Å². The minimum atomic E-state index is -1.14. The van der Waals surface area contributed by atoms with Gasteiger partial charge in [0.1, 0.15) is 5.67 Å². The van der Waals surface area contributed by atoms with Gasteiger partial charge in [0, 0.05) is 19.4 Å². The number of hydrogen-bond acceptors (Lipinski definition) is 3. The van der Waals surface area contributed by atoms with E-state index in [4.69, 9.17) is 0 Å². The molecule has 3 nitrogen and oxygen atoms in total. The highest BCUT2D eigenvalue weighted by Gasteiger charge is 2.57. The number of alkyl halides is 1. The summed E-state index contributed by atoms with van der Waals surface area (Å²) >= 11 is 0. The van der Waals surface area contributed by atoms with Crippen LogP contribution in [0, 0.1) is 5.92 Å². The van der Waals surface area contributed by atoms with Crippen LogP contribution in [0.4, 0.5) is 4.39 Å². The molecule has 1 heterocycles. The second-order valence-electron chi connectivity index (χ2n) is 5.67. The molecule has 0 radical (unpaired) electrons. The Bertz CT molecular complexity index is 315. The van der Waals surface area contributed by atoms with E-state index in [0.29, 0.717) is 18.8 Å². The Kier molecular flexibility index (Phi) is 2.89. The maximum absolute atomic E-state index is 13.7. The van der Waals surface area contributed by atoms with Gasteiger partial charge >= 0.3 is 0 Å². The lowest BCUT2D eigenvalue weighted by Gasteiger charge is -2.52. The molecule has 1 aliphatic heterocycles. The summed E-state index contributed by atoms with van der Waals surface area (Å²) in [7, 11) is 2.07. The number of carbonyl (C=O) groups excluding carboxylic acids is 1. The molecule has 2 rings (SSSR count). The lowest BCUT2D eigenvalue weighted by Crippen LogP contribution is -2.58. The summed E-state index contributed by atoms with van der Waals surface area (Å²) in [4.78, 5) is 16.7. The Morgan fingerprint density at radius 3 is 2.69 bits per heavy atom. The number of rotatable bonds is 2. The molecule has 90 valence electrons. The van der Waals surface area contributed by atoms with Crippen molar-refractivity contribution in [2.24, 2.45) is 10.9 Å². The van der Waals surface area contributed by atoms with Crippen LogP contribution >= 0.6 is 0 Å². The second kappa shape index (κ2) is 3.94. The number of halogens is 1. The third-order valence-electron chi connectivity index (χ3n) is 4.00. The zero-order valence-electron chi connectivity index (χ0n) is 10.0. The van der Waals surface area contributed by atoms with Crippen molar-refractivity contribution in [1.29, 1.82) is 0 Å². The van der Waals surface area contributed by atoms with Crippen LogP contribution in [-0.4, -0.2) is 42.3 Å². The first-order valence-electron chi connectivity index (χ1n) is 5.94. The van der Waals surface area contributed by atoms with Crippen LogP contribution in [0.1, 0.15) is 32.6 Å². The van der Waals surface area contributed by atoms with Gasteiger partial charge in [0.25, 0.3) is 0 Å². The van der Waals surface area contributed by atoms with Gasteiger partial charge in [-0.3, -0.25) is 0 Å². The molecule has 1 saturated carbocycles.